The van der Waals surface area contributed by atoms with Crippen molar-refractivity contribution in [2.75, 3.05) is 6.54 Å². The summed E-state index contributed by atoms with van der Waals surface area (Å²) in [6.45, 7) is 2.41. The van der Waals surface area contributed by atoms with E-state index in [0.29, 0.717) is 12.4 Å². The highest BCUT2D eigenvalue weighted by Crippen LogP contribution is 2.19. The van der Waals surface area contributed by atoms with E-state index in [9.17, 15) is 4.79 Å². The fraction of sp³-hybridized carbons (Fsp3) is 0.211. The van der Waals surface area contributed by atoms with Crippen molar-refractivity contribution in [2.45, 2.75) is 19.5 Å². The summed E-state index contributed by atoms with van der Waals surface area (Å²) >= 11 is 0. The van der Waals surface area contributed by atoms with Crippen LogP contribution in [0.5, 0.6) is 0 Å². The van der Waals surface area contributed by atoms with Crippen LogP contribution in [0.3, 0.4) is 0 Å². The Morgan fingerprint density at radius 2 is 1.88 bits per heavy atom. The van der Waals surface area contributed by atoms with Gasteiger partial charge in [-0.05, 0) is 17.7 Å². The van der Waals surface area contributed by atoms with Gasteiger partial charge in [-0.1, -0.05) is 30.3 Å². The Morgan fingerprint density at radius 3 is 2.67 bits per heavy atom. The predicted octanol–water partition coefficient (Wildman–Crippen LogP) is 2.39. The van der Waals surface area contributed by atoms with Crippen LogP contribution in [0, 0.1) is 0 Å². The first kappa shape index (κ1) is 14.8. The monoisotopic (exact) mass is 318 g/mol. The second-order valence-corrected chi connectivity index (χ2v) is 6.02. The Bertz CT molecular complexity index is 890. The molecule has 2 aromatic heterocycles. The standard InChI is InChI=1S/C19H18N4O/c24-19-16-13-23(12-14-4-2-1-3-5-14)11-8-17(16)21-18(22-19)15-6-9-20-10-7-15/h1-7,9-10H,8,11-13H2,(H,21,22,24). The maximum atomic E-state index is 12.5. The summed E-state index contributed by atoms with van der Waals surface area (Å²) in [4.78, 5) is 26.4. The van der Waals surface area contributed by atoms with Gasteiger partial charge >= 0.3 is 0 Å². The Labute approximate surface area is 140 Å². The van der Waals surface area contributed by atoms with Crippen molar-refractivity contribution in [2.24, 2.45) is 0 Å². The fourth-order valence-electron chi connectivity index (χ4n) is 3.10. The number of benzene rings is 1. The van der Waals surface area contributed by atoms with E-state index >= 15 is 0 Å². The molecular weight excluding hydrogens is 300 g/mol. The lowest BCUT2D eigenvalue weighted by Gasteiger charge is -2.27. The van der Waals surface area contributed by atoms with Crippen LogP contribution in [0.25, 0.3) is 11.4 Å². The molecule has 3 heterocycles. The highest BCUT2D eigenvalue weighted by atomic mass is 16.1. The normalized spacial score (nSPS) is 14.3. The molecule has 0 atom stereocenters. The van der Waals surface area contributed by atoms with Crippen LogP contribution < -0.4 is 5.56 Å². The molecule has 5 heteroatoms. The maximum absolute atomic E-state index is 12.5. The topological polar surface area (TPSA) is 61.9 Å². The number of rotatable bonds is 3. The number of aromatic amines is 1. The van der Waals surface area contributed by atoms with E-state index in [1.807, 2.05) is 30.3 Å². The van der Waals surface area contributed by atoms with Crippen molar-refractivity contribution in [1.29, 1.82) is 0 Å². The second kappa shape index (κ2) is 6.37. The molecule has 0 unspecified atom stereocenters. The van der Waals surface area contributed by atoms with Gasteiger partial charge in [0.2, 0.25) is 0 Å². The first-order valence-electron chi connectivity index (χ1n) is 8.08. The quantitative estimate of drug-likeness (QED) is 0.805. The fourth-order valence-corrected chi connectivity index (χ4v) is 3.10. The van der Waals surface area contributed by atoms with Gasteiger partial charge in [0.05, 0.1) is 11.3 Å². The highest BCUT2D eigenvalue weighted by Gasteiger charge is 2.21. The third-order valence-corrected chi connectivity index (χ3v) is 4.35. The van der Waals surface area contributed by atoms with E-state index in [4.69, 9.17) is 0 Å². The number of pyridine rings is 1. The Balaban J connectivity index is 1.60. The first-order chi connectivity index (χ1) is 11.8. The van der Waals surface area contributed by atoms with Gasteiger partial charge in [-0.15, -0.1) is 0 Å². The molecule has 0 spiro atoms. The van der Waals surface area contributed by atoms with Crippen molar-refractivity contribution < 1.29 is 0 Å². The number of hydrogen-bond acceptors (Lipinski definition) is 4. The maximum Gasteiger partial charge on any atom is 0.255 e. The molecule has 1 N–H and O–H groups in total. The van der Waals surface area contributed by atoms with Gasteiger partial charge in [-0.3, -0.25) is 14.7 Å². The van der Waals surface area contributed by atoms with Crippen molar-refractivity contribution in [3.05, 3.63) is 82.0 Å². The second-order valence-electron chi connectivity index (χ2n) is 6.02. The Hall–Kier alpha value is -2.79. The van der Waals surface area contributed by atoms with E-state index in [1.54, 1.807) is 12.4 Å². The zero-order valence-corrected chi connectivity index (χ0v) is 13.3. The van der Waals surface area contributed by atoms with Crippen LogP contribution in [0.2, 0.25) is 0 Å². The van der Waals surface area contributed by atoms with Crippen molar-refractivity contribution >= 4 is 0 Å². The van der Waals surface area contributed by atoms with Gasteiger partial charge in [0, 0.05) is 44.0 Å². The smallest absolute Gasteiger partial charge is 0.255 e. The molecule has 0 saturated carbocycles. The number of nitrogens with one attached hydrogen (secondary N) is 1. The van der Waals surface area contributed by atoms with Crippen LogP contribution in [-0.2, 0) is 19.5 Å². The molecule has 5 nitrogen and oxygen atoms in total. The highest BCUT2D eigenvalue weighted by molar-refractivity contribution is 5.54. The van der Waals surface area contributed by atoms with E-state index in [0.717, 1.165) is 36.3 Å². The number of nitrogens with zero attached hydrogens (tertiary/aromatic N) is 3. The van der Waals surface area contributed by atoms with E-state index < -0.39 is 0 Å². The van der Waals surface area contributed by atoms with E-state index in [1.165, 1.54) is 5.56 Å². The molecule has 1 aliphatic heterocycles. The summed E-state index contributed by atoms with van der Waals surface area (Å²) in [6.07, 6.45) is 4.21. The van der Waals surface area contributed by atoms with Crippen LogP contribution in [-0.4, -0.2) is 26.4 Å². The molecule has 1 aliphatic rings. The van der Waals surface area contributed by atoms with Crippen LogP contribution >= 0.6 is 0 Å². The molecule has 24 heavy (non-hydrogen) atoms. The Morgan fingerprint density at radius 1 is 1.08 bits per heavy atom. The molecular formula is C19H18N4O. The lowest BCUT2D eigenvalue weighted by molar-refractivity contribution is 0.242. The minimum absolute atomic E-state index is 0.0374. The third kappa shape index (κ3) is 2.98. The average molecular weight is 318 g/mol. The van der Waals surface area contributed by atoms with Crippen molar-refractivity contribution in [1.82, 2.24) is 19.9 Å². The molecule has 0 fully saturated rings. The minimum atomic E-state index is -0.0374. The van der Waals surface area contributed by atoms with E-state index in [2.05, 4.69) is 32.0 Å². The summed E-state index contributed by atoms with van der Waals surface area (Å²) < 4.78 is 0. The van der Waals surface area contributed by atoms with Gasteiger partial charge in [-0.2, -0.15) is 0 Å². The van der Waals surface area contributed by atoms with Gasteiger partial charge in [0.25, 0.3) is 5.56 Å². The zero-order chi connectivity index (χ0) is 16.4. The summed E-state index contributed by atoms with van der Waals surface area (Å²) in [5.74, 6) is 0.623. The minimum Gasteiger partial charge on any atom is -0.306 e. The van der Waals surface area contributed by atoms with Crippen LogP contribution in [0.15, 0.2) is 59.7 Å². The molecule has 0 saturated heterocycles. The van der Waals surface area contributed by atoms with Crippen LogP contribution in [0.1, 0.15) is 16.8 Å². The van der Waals surface area contributed by atoms with Crippen molar-refractivity contribution in [3.63, 3.8) is 0 Å². The van der Waals surface area contributed by atoms with E-state index in [-0.39, 0.29) is 5.56 Å². The molecule has 4 rings (SSSR count). The SMILES string of the molecule is O=c1[nH]c(-c2ccncc2)nc2c1CN(Cc1ccccc1)CC2. The lowest BCUT2D eigenvalue weighted by Crippen LogP contribution is -2.35. The lowest BCUT2D eigenvalue weighted by atomic mass is 10.1. The predicted molar refractivity (Wildman–Crippen MR) is 92.3 cm³/mol. The molecule has 0 bridgehead atoms. The molecule has 3 aromatic rings. The van der Waals surface area contributed by atoms with Crippen molar-refractivity contribution in [3.8, 4) is 11.4 Å². The van der Waals surface area contributed by atoms with Gasteiger partial charge in [0.15, 0.2) is 0 Å². The summed E-state index contributed by atoms with van der Waals surface area (Å²) in [7, 11) is 0. The van der Waals surface area contributed by atoms with Gasteiger partial charge in [0.1, 0.15) is 5.82 Å². The molecule has 0 amide bonds. The largest absolute Gasteiger partial charge is 0.306 e. The number of aromatic nitrogens is 3. The number of hydrogen-bond donors (Lipinski definition) is 1. The summed E-state index contributed by atoms with van der Waals surface area (Å²) in [6, 6.07) is 14.1. The summed E-state index contributed by atoms with van der Waals surface area (Å²) in [5.41, 5.74) is 3.81. The average Bonchev–Trinajstić information content (AvgIpc) is 2.64. The van der Waals surface area contributed by atoms with Gasteiger partial charge < -0.3 is 4.98 Å². The molecule has 0 aliphatic carbocycles. The molecule has 1 aromatic carbocycles. The third-order valence-electron chi connectivity index (χ3n) is 4.35. The zero-order valence-electron chi connectivity index (χ0n) is 13.3. The van der Waals surface area contributed by atoms with Crippen LogP contribution in [0.4, 0.5) is 0 Å². The number of fused-ring (bicyclic) bond motifs is 1. The molecule has 120 valence electrons. The van der Waals surface area contributed by atoms with Gasteiger partial charge in [-0.25, -0.2) is 4.98 Å². The Kier molecular flexibility index (Phi) is 3.92. The number of H-pyrrole nitrogens is 1. The molecule has 0 radical (unpaired) electrons. The first-order valence-corrected chi connectivity index (χ1v) is 8.08. The summed E-state index contributed by atoms with van der Waals surface area (Å²) in [5, 5.41) is 0.